The molecule has 2 atom stereocenters. The molecule has 0 spiro atoms. The zero-order valence-corrected chi connectivity index (χ0v) is 15.1. The number of halogens is 2. The number of amides is 1. The normalized spacial score (nSPS) is 19.7. The molecule has 0 radical (unpaired) electrons. The Hall–Kier alpha value is -1.85. The number of nitrogens with two attached hydrogens (primary N) is 1. The van der Waals surface area contributed by atoms with E-state index in [9.17, 15) is 9.18 Å². The molecule has 1 aliphatic heterocycles. The fourth-order valence-corrected chi connectivity index (χ4v) is 3.35. The first-order valence-corrected chi connectivity index (χ1v) is 8.41. The number of hydrogen-bond donors (Lipinski definition) is 1. The summed E-state index contributed by atoms with van der Waals surface area (Å²) in [5.41, 5.74) is 6.15. The minimum atomic E-state index is -0.312. The predicted octanol–water partition coefficient (Wildman–Crippen LogP) is 3.64. The molecule has 2 N–H and O–H groups in total. The summed E-state index contributed by atoms with van der Waals surface area (Å²) in [5, 5.41) is 0. The van der Waals surface area contributed by atoms with Gasteiger partial charge in [-0.1, -0.05) is 12.1 Å². The number of carbonyl (C=O) groups is 1. The number of nitrogens with zero attached hydrogens (tertiary/aromatic N) is 1. The summed E-state index contributed by atoms with van der Waals surface area (Å²) in [6, 6.07) is 10.3. The molecule has 1 fully saturated rings. The summed E-state index contributed by atoms with van der Waals surface area (Å²) in [7, 11) is 0. The Morgan fingerprint density at radius 1 is 1.32 bits per heavy atom. The molecule has 25 heavy (non-hydrogen) atoms. The van der Waals surface area contributed by atoms with Crippen molar-refractivity contribution in [2.24, 2.45) is 11.7 Å². The van der Waals surface area contributed by atoms with Crippen molar-refractivity contribution in [2.45, 2.75) is 32.2 Å². The third-order valence-corrected chi connectivity index (χ3v) is 4.70. The van der Waals surface area contributed by atoms with Gasteiger partial charge in [0.25, 0.3) is 0 Å². The van der Waals surface area contributed by atoms with Crippen molar-refractivity contribution >= 4 is 18.3 Å². The largest absolute Gasteiger partial charge is 0.461 e. The van der Waals surface area contributed by atoms with Crippen LogP contribution in [-0.2, 0) is 11.2 Å². The van der Waals surface area contributed by atoms with Gasteiger partial charge in [-0.3, -0.25) is 4.79 Å². The monoisotopic (exact) mass is 366 g/mol. The first kappa shape index (κ1) is 19.5. The van der Waals surface area contributed by atoms with Crippen molar-refractivity contribution in [3.05, 3.63) is 48.0 Å². The lowest BCUT2D eigenvalue weighted by atomic mass is 10.1. The molecule has 2 heterocycles. The fourth-order valence-electron chi connectivity index (χ4n) is 3.35. The topological polar surface area (TPSA) is 59.5 Å². The number of likely N-dealkylation sites (tertiary alicyclic amines) is 1. The Morgan fingerprint density at radius 2 is 2.08 bits per heavy atom. The lowest BCUT2D eigenvalue weighted by Gasteiger charge is -2.21. The summed E-state index contributed by atoms with van der Waals surface area (Å²) < 4.78 is 19.5. The minimum Gasteiger partial charge on any atom is -0.461 e. The highest BCUT2D eigenvalue weighted by molar-refractivity contribution is 5.85. The summed E-state index contributed by atoms with van der Waals surface area (Å²) in [4.78, 5) is 14.3. The molecular formula is C19H24ClFN2O2. The zero-order valence-electron chi connectivity index (χ0n) is 14.3. The standard InChI is InChI=1S/C19H23FN2O2.ClH/c1-13-10-14(11-21)12-22(13)19(23)9-7-15-6-8-18(24-15)16-4-2-3-5-17(16)20;/h2-6,8,13-14H,7,9-12,21H2,1H3;1H. The first-order valence-electron chi connectivity index (χ1n) is 8.41. The SMILES string of the molecule is CC1CC(CN)CN1C(=O)CCc1ccc(-c2ccccc2F)o1.Cl. The lowest BCUT2D eigenvalue weighted by molar-refractivity contribution is -0.131. The summed E-state index contributed by atoms with van der Waals surface area (Å²) >= 11 is 0. The van der Waals surface area contributed by atoms with E-state index in [2.05, 4.69) is 6.92 Å². The number of rotatable bonds is 5. The van der Waals surface area contributed by atoms with E-state index in [0.29, 0.717) is 42.4 Å². The number of benzene rings is 1. The van der Waals surface area contributed by atoms with E-state index < -0.39 is 0 Å². The van der Waals surface area contributed by atoms with E-state index in [-0.39, 0.29) is 30.2 Å². The van der Waals surface area contributed by atoms with Gasteiger partial charge in [0.2, 0.25) is 5.91 Å². The summed E-state index contributed by atoms with van der Waals surface area (Å²) in [5.74, 6) is 1.41. The highest BCUT2D eigenvalue weighted by atomic mass is 35.5. The molecule has 3 rings (SSSR count). The maximum absolute atomic E-state index is 13.8. The molecule has 1 amide bonds. The molecule has 0 aliphatic carbocycles. The first-order chi connectivity index (χ1) is 11.6. The molecule has 1 saturated heterocycles. The fraction of sp³-hybridized carbons (Fsp3) is 0.421. The molecule has 0 bridgehead atoms. The molecule has 136 valence electrons. The Kier molecular flexibility index (Phi) is 6.62. The summed E-state index contributed by atoms with van der Waals surface area (Å²) in [6.07, 6.45) is 1.88. The molecule has 0 saturated carbocycles. The van der Waals surface area contributed by atoms with Gasteiger partial charge in [-0.15, -0.1) is 12.4 Å². The smallest absolute Gasteiger partial charge is 0.223 e. The number of hydrogen-bond acceptors (Lipinski definition) is 3. The van der Waals surface area contributed by atoms with Crippen LogP contribution in [0.25, 0.3) is 11.3 Å². The van der Waals surface area contributed by atoms with Crippen molar-refractivity contribution in [1.82, 2.24) is 4.90 Å². The van der Waals surface area contributed by atoms with Crippen LogP contribution >= 0.6 is 12.4 Å². The van der Waals surface area contributed by atoms with E-state index in [1.165, 1.54) is 6.07 Å². The molecule has 1 aromatic heterocycles. The van der Waals surface area contributed by atoms with Crippen molar-refractivity contribution in [3.8, 4) is 11.3 Å². The van der Waals surface area contributed by atoms with Crippen LogP contribution in [-0.4, -0.2) is 29.9 Å². The van der Waals surface area contributed by atoms with Crippen LogP contribution in [0, 0.1) is 11.7 Å². The van der Waals surface area contributed by atoms with E-state index in [0.717, 1.165) is 13.0 Å². The molecular weight excluding hydrogens is 343 g/mol. The van der Waals surface area contributed by atoms with Gasteiger partial charge in [0, 0.05) is 25.4 Å². The second-order valence-electron chi connectivity index (χ2n) is 6.48. The van der Waals surface area contributed by atoms with Gasteiger partial charge in [-0.25, -0.2) is 4.39 Å². The minimum absolute atomic E-state index is 0. The number of carbonyl (C=O) groups excluding carboxylic acids is 1. The second-order valence-corrected chi connectivity index (χ2v) is 6.48. The lowest BCUT2D eigenvalue weighted by Crippen LogP contribution is -2.34. The maximum Gasteiger partial charge on any atom is 0.223 e. The Labute approximate surface area is 153 Å². The predicted molar refractivity (Wildman–Crippen MR) is 98.0 cm³/mol. The highest BCUT2D eigenvalue weighted by Gasteiger charge is 2.31. The van der Waals surface area contributed by atoms with Crippen LogP contribution in [0.5, 0.6) is 0 Å². The zero-order chi connectivity index (χ0) is 17.1. The number of furan rings is 1. The second kappa shape index (κ2) is 8.50. The van der Waals surface area contributed by atoms with Gasteiger partial charge in [0.15, 0.2) is 0 Å². The van der Waals surface area contributed by atoms with Crippen LogP contribution in [0.4, 0.5) is 4.39 Å². The van der Waals surface area contributed by atoms with Crippen molar-refractivity contribution in [1.29, 1.82) is 0 Å². The number of aryl methyl sites for hydroxylation is 1. The van der Waals surface area contributed by atoms with Gasteiger partial charge in [0.1, 0.15) is 17.3 Å². The van der Waals surface area contributed by atoms with E-state index in [1.807, 2.05) is 11.0 Å². The third-order valence-electron chi connectivity index (χ3n) is 4.70. The molecule has 2 unspecified atom stereocenters. The van der Waals surface area contributed by atoms with Crippen LogP contribution in [0.15, 0.2) is 40.8 Å². The van der Waals surface area contributed by atoms with Gasteiger partial charge in [-0.05, 0) is 50.1 Å². The van der Waals surface area contributed by atoms with Crippen LogP contribution in [0.2, 0.25) is 0 Å². The van der Waals surface area contributed by atoms with Crippen LogP contribution in [0.3, 0.4) is 0 Å². The van der Waals surface area contributed by atoms with Gasteiger partial charge in [0.05, 0.1) is 5.56 Å². The maximum atomic E-state index is 13.8. The Balaban J connectivity index is 0.00000225. The third kappa shape index (κ3) is 4.41. The average Bonchev–Trinajstić information content (AvgIpc) is 3.19. The van der Waals surface area contributed by atoms with E-state index >= 15 is 0 Å². The van der Waals surface area contributed by atoms with Crippen molar-refractivity contribution in [3.63, 3.8) is 0 Å². The van der Waals surface area contributed by atoms with Gasteiger partial charge >= 0.3 is 0 Å². The van der Waals surface area contributed by atoms with E-state index in [4.69, 9.17) is 10.2 Å². The molecule has 4 nitrogen and oxygen atoms in total. The van der Waals surface area contributed by atoms with Crippen LogP contribution in [0.1, 0.15) is 25.5 Å². The summed E-state index contributed by atoms with van der Waals surface area (Å²) in [6.45, 7) is 3.43. The van der Waals surface area contributed by atoms with E-state index in [1.54, 1.807) is 24.3 Å². The van der Waals surface area contributed by atoms with Crippen LogP contribution < -0.4 is 5.73 Å². The van der Waals surface area contributed by atoms with Crippen molar-refractivity contribution < 1.29 is 13.6 Å². The quantitative estimate of drug-likeness (QED) is 0.878. The van der Waals surface area contributed by atoms with Crippen molar-refractivity contribution in [2.75, 3.05) is 13.1 Å². The Morgan fingerprint density at radius 3 is 2.76 bits per heavy atom. The van der Waals surface area contributed by atoms with Gasteiger partial charge in [-0.2, -0.15) is 0 Å². The highest BCUT2D eigenvalue weighted by Crippen LogP contribution is 2.26. The molecule has 2 aromatic rings. The average molecular weight is 367 g/mol. The molecule has 1 aromatic carbocycles. The molecule has 1 aliphatic rings. The Bertz CT molecular complexity index is 719. The van der Waals surface area contributed by atoms with Gasteiger partial charge < -0.3 is 15.1 Å². The molecule has 6 heteroatoms.